The summed E-state index contributed by atoms with van der Waals surface area (Å²) in [5, 5.41) is 21.5. The normalized spacial score (nSPS) is 26.5. The molecule has 0 saturated carbocycles. The van der Waals surface area contributed by atoms with Crippen molar-refractivity contribution in [3.05, 3.63) is 41.9 Å². The molecule has 0 spiro atoms. The van der Waals surface area contributed by atoms with Crippen LogP contribution in [0.2, 0.25) is 5.02 Å². The maximum absolute atomic E-state index is 11.0. The first-order chi connectivity index (χ1) is 16.9. The van der Waals surface area contributed by atoms with Crippen LogP contribution in [0.25, 0.3) is 11.2 Å². The van der Waals surface area contributed by atoms with E-state index < -0.39 is 30.3 Å². The molecule has 188 valence electrons. The van der Waals surface area contributed by atoms with Crippen LogP contribution in [0.1, 0.15) is 26.0 Å². The van der Waals surface area contributed by atoms with Gasteiger partial charge in [-0.2, -0.15) is 0 Å². The maximum Gasteiger partial charge on any atom is 0.172 e. The molecule has 3 aromatic rings. The van der Waals surface area contributed by atoms with Crippen molar-refractivity contribution in [1.82, 2.24) is 19.5 Å². The highest BCUT2D eigenvalue weighted by Gasteiger charge is 2.50. The summed E-state index contributed by atoms with van der Waals surface area (Å²) < 4.78 is 20.4. The number of aromatic nitrogens is 4. The van der Waals surface area contributed by atoms with Crippen molar-refractivity contribution in [2.24, 2.45) is 0 Å². The van der Waals surface area contributed by atoms with Crippen LogP contribution >= 0.6 is 11.6 Å². The van der Waals surface area contributed by atoms with Crippen LogP contribution in [-0.2, 0) is 14.2 Å². The van der Waals surface area contributed by atoms with E-state index in [1.54, 1.807) is 4.57 Å². The smallest absolute Gasteiger partial charge is 0.172 e. The molecule has 11 nitrogen and oxygen atoms in total. The van der Waals surface area contributed by atoms with E-state index >= 15 is 0 Å². The number of anilines is 2. The molecule has 4 N–H and O–H groups in total. The van der Waals surface area contributed by atoms with Crippen LogP contribution in [0.3, 0.4) is 0 Å². The number of benzene rings is 1. The van der Waals surface area contributed by atoms with Crippen LogP contribution < -0.4 is 10.6 Å². The summed E-state index contributed by atoms with van der Waals surface area (Å²) in [5.74, 6) is -0.691. The zero-order valence-electron chi connectivity index (χ0n) is 19.3. The Morgan fingerprint density at radius 3 is 2.63 bits per heavy atom. The fraction of sp³-hybridized carbons (Fsp3) is 0.522. The van der Waals surface area contributed by atoms with Crippen LogP contribution in [0.4, 0.5) is 11.5 Å². The standard InChI is InChI=1S/C23H29ClN6O5/c1-2-33-23(7-9-29(10-8-23)15-5-3-14(24)4-6-15)35-19-18(32)16(11-31)34-22(19)30-13-28-17-20(25)26-12-27-21(17)30/h3-6,12-13,16,18-19,22,31-32H,2,7-11H2,1H3,(H2,25,26,27)/t16-,18-,19-,22-/m1/s1. The molecule has 2 aromatic heterocycles. The second-order valence-electron chi connectivity index (χ2n) is 8.71. The number of rotatable bonds is 7. The van der Waals surface area contributed by atoms with Crippen molar-refractivity contribution in [3.63, 3.8) is 0 Å². The molecule has 2 aliphatic rings. The fourth-order valence-corrected chi connectivity index (χ4v) is 4.97. The topological polar surface area (TPSA) is 141 Å². The van der Waals surface area contributed by atoms with Gasteiger partial charge in [-0.05, 0) is 31.2 Å². The molecule has 35 heavy (non-hydrogen) atoms. The minimum Gasteiger partial charge on any atom is -0.394 e. The third-order valence-corrected chi connectivity index (χ3v) is 6.88. The van der Waals surface area contributed by atoms with Crippen molar-refractivity contribution in [3.8, 4) is 0 Å². The summed E-state index contributed by atoms with van der Waals surface area (Å²) in [6, 6.07) is 7.72. The summed E-state index contributed by atoms with van der Waals surface area (Å²) in [6.07, 6.45) is 0.450. The Labute approximate surface area is 207 Å². The highest BCUT2D eigenvalue weighted by Crippen LogP contribution is 2.40. The van der Waals surface area contributed by atoms with E-state index in [4.69, 9.17) is 31.5 Å². The number of fused-ring (bicyclic) bond motifs is 1. The van der Waals surface area contributed by atoms with Crippen molar-refractivity contribution in [1.29, 1.82) is 0 Å². The highest BCUT2D eigenvalue weighted by atomic mass is 35.5. The summed E-state index contributed by atoms with van der Waals surface area (Å²) in [6.45, 7) is 3.37. The number of nitrogens with two attached hydrogens (primary N) is 1. The molecular formula is C23H29ClN6O5. The van der Waals surface area contributed by atoms with Gasteiger partial charge in [0.1, 0.15) is 30.2 Å². The van der Waals surface area contributed by atoms with Gasteiger partial charge < -0.3 is 35.1 Å². The molecule has 0 aliphatic carbocycles. The fourth-order valence-electron chi connectivity index (χ4n) is 4.84. The van der Waals surface area contributed by atoms with Crippen molar-refractivity contribution >= 4 is 34.3 Å². The Morgan fingerprint density at radius 1 is 1.20 bits per heavy atom. The Kier molecular flexibility index (Phi) is 6.80. The lowest BCUT2D eigenvalue weighted by Gasteiger charge is -2.44. The summed E-state index contributed by atoms with van der Waals surface area (Å²) in [5.41, 5.74) is 7.89. The van der Waals surface area contributed by atoms with E-state index in [2.05, 4.69) is 19.9 Å². The van der Waals surface area contributed by atoms with Gasteiger partial charge in [0.25, 0.3) is 0 Å². The predicted octanol–water partition coefficient (Wildman–Crippen LogP) is 1.73. The van der Waals surface area contributed by atoms with Gasteiger partial charge >= 0.3 is 0 Å². The zero-order valence-corrected chi connectivity index (χ0v) is 20.1. The van der Waals surface area contributed by atoms with E-state index in [9.17, 15) is 10.2 Å². The number of aliphatic hydroxyl groups is 2. The molecule has 0 radical (unpaired) electrons. The molecule has 1 aromatic carbocycles. The number of imidazole rings is 1. The van der Waals surface area contributed by atoms with Gasteiger partial charge in [0, 0.05) is 43.2 Å². The van der Waals surface area contributed by atoms with E-state index in [0.717, 1.165) is 5.69 Å². The first-order valence-corrected chi connectivity index (χ1v) is 12.0. The van der Waals surface area contributed by atoms with Crippen LogP contribution in [-0.4, -0.2) is 80.1 Å². The molecule has 0 bridgehead atoms. The molecule has 4 heterocycles. The Balaban J connectivity index is 1.40. The average Bonchev–Trinajstić information content (AvgIpc) is 3.42. The number of ether oxygens (including phenoxy) is 3. The second kappa shape index (κ2) is 9.84. The Hall–Kier alpha value is -2.54. The average molecular weight is 505 g/mol. The Bertz CT molecular complexity index is 1150. The van der Waals surface area contributed by atoms with E-state index in [1.807, 2.05) is 31.2 Å². The molecule has 5 rings (SSSR count). The largest absolute Gasteiger partial charge is 0.394 e. The molecule has 0 unspecified atom stereocenters. The van der Waals surface area contributed by atoms with Gasteiger partial charge in [-0.25, -0.2) is 15.0 Å². The second-order valence-corrected chi connectivity index (χ2v) is 9.15. The van der Waals surface area contributed by atoms with Crippen LogP contribution in [0.15, 0.2) is 36.9 Å². The van der Waals surface area contributed by atoms with Crippen molar-refractivity contribution in [2.45, 2.75) is 50.1 Å². The first-order valence-electron chi connectivity index (χ1n) is 11.6. The van der Waals surface area contributed by atoms with Crippen molar-refractivity contribution < 1.29 is 24.4 Å². The molecule has 2 saturated heterocycles. The van der Waals surface area contributed by atoms with Gasteiger partial charge in [-0.1, -0.05) is 11.6 Å². The van der Waals surface area contributed by atoms with Gasteiger partial charge in [0.15, 0.2) is 23.5 Å². The molecule has 0 amide bonds. The SMILES string of the molecule is CCOC1(O[C@@H]2[C@H](O)[C@@H](CO)O[C@H]2n2cnc3c(N)ncnc32)CCN(c2ccc(Cl)cc2)CC1. The van der Waals surface area contributed by atoms with Crippen LogP contribution in [0.5, 0.6) is 0 Å². The van der Waals surface area contributed by atoms with Crippen molar-refractivity contribution in [2.75, 3.05) is 36.9 Å². The maximum atomic E-state index is 11.0. The summed E-state index contributed by atoms with van der Waals surface area (Å²) >= 11 is 6.04. The number of nitrogens with zero attached hydrogens (tertiary/aromatic N) is 5. The zero-order chi connectivity index (χ0) is 24.6. The molecular weight excluding hydrogens is 476 g/mol. The number of hydrogen-bond acceptors (Lipinski definition) is 10. The monoisotopic (exact) mass is 504 g/mol. The lowest BCUT2D eigenvalue weighted by molar-refractivity contribution is -0.285. The van der Waals surface area contributed by atoms with Gasteiger partial charge in [0.05, 0.1) is 12.9 Å². The minimum atomic E-state index is -1.09. The summed E-state index contributed by atoms with van der Waals surface area (Å²) in [4.78, 5) is 14.8. The highest BCUT2D eigenvalue weighted by molar-refractivity contribution is 6.30. The predicted molar refractivity (Wildman–Crippen MR) is 129 cm³/mol. The number of halogens is 1. The molecule has 12 heteroatoms. The third-order valence-electron chi connectivity index (χ3n) is 6.63. The van der Waals surface area contributed by atoms with E-state index in [1.165, 1.54) is 12.7 Å². The first kappa shape index (κ1) is 24.2. The molecule has 2 fully saturated rings. The van der Waals surface area contributed by atoms with E-state index in [-0.39, 0.29) is 12.4 Å². The lowest BCUT2D eigenvalue weighted by atomic mass is 10.0. The number of nitrogen functional groups attached to an aromatic ring is 1. The minimum absolute atomic E-state index is 0.240. The van der Waals surface area contributed by atoms with Crippen LogP contribution in [0, 0.1) is 0 Å². The lowest BCUT2D eigenvalue weighted by Crippen LogP contribution is -2.52. The number of hydrogen-bond donors (Lipinski definition) is 3. The Morgan fingerprint density at radius 2 is 1.94 bits per heavy atom. The van der Waals surface area contributed by atoms with Gasteiger partial charge in [0.2, 0.25) is 0 Å². The third kappa shape index (κ3) is 4.55. The van der Waals surface area contributed by atoms with E-state index in [0.29, 0.717) is 48.7 Å². The van der Waals surface area contributed by atoms with Gasteiger partial charge in [-0.15, -0.1) is 0 Å². The number of piperidine rings is 1. The van der Waals surface area contributed by atoms with Gasteiger partial charge in [-0.3, -0.25) is 4.57 Å². The number of aliphatic hydroxyl groups excluding tert-OH is 2. The molecule has 4 atom stereocenters. The molecule has 2 aliphatic heterocycles. The quantitative estimate of drug-likeness (QED) is 0.407. The summed E-state index contributed by atoms with van der Waals surface area (Å²) in [7, 11) is 0.